The monoisotopic (exact) mass is 546 g/mol. The summed E-state index contributed by atoms with van der Waals surface area (Å²) < 4.78 is 50.8. The molecule has 0 amide bonds. The molecule has 0 radical (unpaired) electrons. The molecule has 14 heteroatoms. The third-order valence-corrected chi connectivity index (χ3v) is 8.37. The number of rotatable bonds is 7. The normalized spacial score (nSPS) is 22.8. The minimum Gasteiger partial charge on any atom is -0.423 e. The van der Waals surface area contributed by atoms with Crippen molar-refractivity contribution in [3.05, 3.63) is 79.5 Å². The molecule has 2 fully saturated rings. The van der Waals surface area contributed by atoms with Gasteiger partial charge in [0.05, 0.1) is 31.1 Å². The highest BCUT2D eigenvalue weighted by molar-refractivity contribution is 7.89. The van der Waals surface area contributed by atoms with Crippen LogP contribution in [-0.4, -0.2) is 74.6 Å². The molecule has 198 valence electrons. The van der Waals surface area contributed by atoms with E-state index in [1.54, 1.807) is 43.0 Å². The zero-order valence-electron chi connectivity index (χ0n) is 20.3. The maximum atomic E-state index is 13.3. The van der Waals surface area contributed by atoms with E-state index < -0.39 is 34.3 Å². The Hall–Kier alpha value is -4.24. The first-order valence-corrected chi connectivity index (χ1v) is 13.7. The van der Waals surface area contributed by atoms with Gasteiger partial charge in [0.15, 0.2) is 0 Å². The Bertz CT molecular complexity index is 1720. The predicted molar refractivity (Wildman–Crippen MR) is 136 cm³/mol. The van der Waals surface area contributed by atoms with Gasteiger partial charge in [-0.05, 0) is 46.8 Å². The van der Waals surface area contributed by atoms with Gasteiger partial charge < -0.3 is 18.8 Å². The van der Waals surface area contributed by atoms with E-state index in [0.717, 1.165) is 11.1 Å². The molecule has 4 atom stereocenters. The minimum absolute atomic E-state index is 0.105. The third-order valence-electron chi connectivity index (χ3n) is 6.84. The number of sulfonamides is 1. The second-order valence-electron chi connectivity index (χ2n) is 9.19. The molecule has 7 rings (SSSR count). The van der Waals surface area contributed by atoms with Gasteiger partial charge in [0.2, 0.25) is 10.0 Å². The number of fused-ring (bicyclic) bond motifs is 2. The summed E-state index contributed by atoms with van der Waals surface area (Å²) in [5, 5.41) is 12.6. The summed E-state index contributed by atoms with van der Waals surface area (Å²) in [6.45, 7) is 0.363. The zero-order valence-corrected chi connectivity index (χ0v) is 21.1. The van der Waals surface area contributed by atoms with Crippen LogP contribution in [0, 0.1) is 0 Å². The highest BCUT2D eigenvalue weighted by atomic mass is 32.2. The largest absolute Gasteiger partial charge is 0.423 e. The molecule has 5 heterocycles. The molecule has 2 aliphatic rings. The van der Waals surface area contributed by atoms with Gasteiger partial charge in [-0.3, -0.25) is 4.98 Å². The smallest absolute Gasteiger partial charge is 0.341 e. The molecule has 0 bridgehead atoms. The van der Waals surface area contributed by atoms with Crippen molar-refractivity contribution in [3.8, 4) is 17.4 Å². The standard InChI is InChI=1S/C25H22N8O5S/c34-39(35,21-5-1-3-16-4-2-10-27-22(16)21)29-19-13-36-24-20(14-37-23(19)24)33-25(28-30-31-33)38-18-8-6-17(7-9-18)32-12-11-26-15-32/h1-12,15,19-20,23-24,29H,13-14H2. The number of tetrazole rings is 1. The number of nitrogens with zero attached hydrogens (tertiary/aromatic N) is 7. The molecule has 2 saturated heterocycles. The first-order valence-electron chi connectivity index (χ1n) is 12.2. The molecule has 5 aromatic rings. The van der Waals surface area contributed by atoms with Gasteiger partial charge in [-0.25, -0.2) is 18.1 Å². The first kappa shape index (κ1) is 23.8. The van der Waals surface area contributed by atoms with E-state index in [1.165, 1.54) is 10.7 Å². The van der Waals surface area contributed by atoms with Crippen molar-refractivity contribution in [2.45, 2.75) is 29.2 Å². The molecule has 39 heavy (non-hydrogen) atoms. The van der Waals surface area contributed by atoms with E-state index in [0.29, 0.717) is 11.3 Å². The van der Waals surface area contributed by atoms with Crippen molar-refractivity contribution in [2.75, 3.05) is 13.2 Å². The molecule has 2 aliphatic heterocycles. The topological polar surface area (TPSA) is 148 Å². The number of hydrogen-bond donors (Lipinski definition) is 1. The second kappa shape index (κ2) is 9.50. The number of imidazole rings is 1. The molecule has 3 aromatic heterocycles. The lowest BCUT2D eigenvalue weighted by atomic mass is 10.1. The van der Waals surface area contributed by atoms with E-state index in [4.69, 9.17) is 14.2 Å². The highest BCUT2D eigenvalue weighted by Gasteiger charge is 2.51. The van der Waals surface area contributed by atoms with Crippen molar-refractivity contribution in [3.63, 3.8) is 0 Å². The van der Waals surface area contributed by atoms with Crippen molar-refractivity contribution >= 4 is 20.9 Å². The van der Waals surface area contributed by atoms with E-state index in [2.05, 4.69) is 30.2 Å². The van der Waals surface area contributed by atoms with Crippen LogP contribution in [0.25, 0.3) is 16.6 Å². The molecule has 1 N–H and O–H groups in total. The maximum absolute atomic E-state index is 13.3. The van der Waals surface area contributed by atoms with Gasteiger partial charge in [0.25, 0.3) is 0 Å². The molecule has 2 aromatic carbocycles. The number of aromatic nitrogens is 7. The Morgan fingerprint density at radius 3 is 2.67 bits per heavy atom. The summed E-state index contributed by atoms with van der Waals surface area (Å²) in [7, 11) is -3.90. The van der Waals surface area contributed by atoms with Gasteiger partial charge in [0.1, 0.15) is 28.9 Å². The number of nitrogens with one attached hydrogen (secondary N) is 1. The average Bonchev–Trinajstić information content (AvgIpc) is 3.76. The summed E-state index contributed by atoms with van der Waals surface area (Å²) in [5.41, 5.74) is 1.33. The molecule has 0 spiro atoms. The zero-order chi connectivity index (χ0) is 26.4. The quantitative estimate of drug-likeness (QED) is 0.321. The molecule has 0 aliphatic carbocycles. The SMILES string of the molecule is O=S(=O)(NC1COC2C1OCC2n1nnnc1Oc1ccc(-n2ccnc2)cc1)c1cccc2cccnc12. The van der Waals surface area contributed by atoms with E-state index in [1.807, 2.05) is 35.0 Å². The van der Waals surface area contributed by atoms with Crippen molar-refractivity contribution in [1.82, 2.24) is 39.5 Å². The van der Waals surface area contributed by atoms with Crippen molar-refractivity contribution in [1.29, 1.82) is 0 Å². The van der Waals surface area contributed by atoms with Crippen LogP contribution >= 0.6 is 0 Å². The number of pyridine rings is 1. The van der Waals surface area contributed by atoms with E-state index in [-0.39, 0.29) is 24.1 Å². The Morgan fingerprint density at radius 1 is 0.974 bits per heavy atom. The van der Waals surface area contributed by atoms with Crippen LogP contribution in [0.2, 0.25) is 0 Å². The van der Waals surface area contributed by atoms with Crippen LogP contribution in [0.15, 0.2) is 84.4 Å². The third kappa shape index (κ3) is 4.32. The molecule has 4 unspecified atom stereocenters. The first-order chi connectivity index (χ1) is 19.1. The van der Waals surface area contributed by atoms with Crippen LogP contribution in [-0.2, 0) is 19.5 Å². The average molecular weight is 547 g/mol. The fourth-order valence-electron chi connectivity index (χ4n) is 5.01. The van der Waals surface area contributed by atoms with Crippen LogP contribution in [0.5, 0.6) is 11.8 Å². The van der Waals surface area contributed by atoms with Crippen molar-refractivity contribution < 1.29 is 22.6 Å². The summed E-state index contributed by atoms with van der Waals surface area (Å²) in [6, 6.07) is 15.2. The number of ether oxygens (including phenoxy) is 3. The van der Waals surface area contributed by atoms with Gasteiger partial charge in [-0.15, -0.1) is 0 Å². The maximum Gasteiger partial charge on any atom is 0.341 e. The Balaban J connectivity index is 1.07. The van der Waals surface area contributed by atoms with Crippen LogP contribution in [0.4, 0.5) is 0 Å². The lowest BCUT2D eigenvalue weighted by Gasteiger charge is -2.18. The van der Waals surface area contributed by atoms with Gasteiger partial charge in [0, 0.05) is 29.7 Å². The Morgan fingerprint density at radius 2 is 1.82 bits per heavy atom. The van der Waals surface area contributed by atoms with E-state index >= 15 is 0 Å². The Kier molecular flexibility index (Phi) is 5.81. The lowest BCUT2D eigenvalue weighted by Crippen LogP contribution is -2.44. The number of benzene rings is 2. The summed E-state index contributed by atoms with van der Waals surface area (Å²) in [4.78, 5) is 8.43. The minimum atomic E-state index is -3.90. The molecule has 0 saturated carbocycles. The molecule has 13 nitrogen and oxygen atoms in total. The van der Waals surface area contributed by atoms with E-state index in [9.17, 15) is 8.42 Å². The van der Waals surface area contributed by atoms with Gasteiger partial charge in [-0.2, -0.15) is 4.68 Å². The number of para-hydroxylation sites is 1. The highest BCUT2D eigenvalue weighted by Crippen LogP contribution is 2.36. The van der Waals surface area contributed by atoms with Crippen LogP contribution in [0.1, 0.15) is 6.04 Å². The fraction of sp³-hybridized carbons (Fsp3) is 0.240. The van der Waals surface area contributed by atoms with Gasteiger partial charge in [-0.1, -0.05) is 23.3 Å². The number of hydrogen-bond acceptors (Lipinski definition) is 10. The Labute approximate surface area is 222 Å². The summed E-state index contributed by atoms with van der Waals surface area (Å²) in [5.74, 6) is 0.548. The summed E-state index contributed by atoms with van der Waals surface area (Å²) >= 11 is 0. The predicted octanol–water partition coefficient (Wildman–Crippen LogP) is 1.89. The second-order valence-corrected chi connectivity index (χ2v) is 10.9. The summed E-state index contributed by atoms with van der Waals surface area (Å²) in [6.07, 6.45) is 5.83. The van der Waals surface area contributed by atoms with Crippen LogP contribution < -0.4 is 9.46 Å². The molecular weight excluding hydrogens is 524 g/mol. The fourth-order valence-corrected chi connectivity index (χ4v) is 6.42. The van der Waals surface area contributed by atoms with Crippen molar-refractivity contribution in [2.24, 2.45) is 0 Å². The van der Waals surface area contributed by atoms with Crippen LogP contribution in [0.3, 0.4) is 0 Å². The van der Waals surface area contributed by atoms with Gasteiger partial charge >= 0.3 is 6.01 Å². The lowest BCUT2D eigenvalue weighted by molar-refractivity contribution is 0.0615. The molecular formula is C25H22N8O5S.